The summed E-state index contributed by atoms with van der Waals surface area (Å²) >= 11 is 0. The molecule has 4 rings (SSSR count). The Morgan fingerprint density at radius 1 is 0.969 bits per heavy atom. The molecule has 0 saturated carbocycles. The molecule has 1 atom stereocenters. The molecule has 0 spiro atoms. The fraction of sp³-hybridized carbons (Fsp3) is 0.391. The second kappa shape index (κ2) is 8.82. The minimum absolute atomic E-state index is 0.0929. The summed E-state index contributed by atoms with van der Waals surface area (Å²) in [4.78, 5) is 30.6. The maximum Gasteiger partial charge on any atom is 0.416 e. The van der Waals surface area contributed by atoms with E-state index in [2.05, 4.69) is 0 Å². The largest absolute Gasteiger partial charge is 0.494 e. The number of imide groups is 1. The topological polar surface area (TPSA) is 53.1 Å². The number of ether oxygens (including phenoxy) is 1. The lowest BCUT2D eigenvalue weighted by Gasteiger charge is -2.38. The van der Waals surface area contributed by atoms with Crippen molar-refractivity contribution < 1.29 is 27.5 Å². The highest BCUT2D eigenvalue weighted by atomic mass is 19.4. The van der Waals surface area contributed by atoms with Crippen LogP contribution in [0, 0.1) is 0 Å². The molecule has 9 heteroatoms. The normalized spacial score (nSPS) is 20.2. The number of anilines is 2. The molecule has 170 valence electrons. The van der Waals surface area contributed by atoms with E-state index >= 15 is 0 Å². The number of carbonyl (C=O) groups excluding carboxylic acids is 2. The van der Waals surface area contributed by atoms with Crippen LogP contribution >= 0.6 is 0 Å². The summed E-state index contributed by atoms with van der Waals surface area (Å²) in [5.74, 6) is 0.133. The number of halogens is 3. The highest BCUT2D eigenvalue weighted by Crippen LogP contribution is 2.32. The Balaban J connectivity index is 1.41. The van der Waals surface area contributed by atoms with Gasteiger partial charge in [0.25, 0.3) is 5.91 Å². The van der Waals surface area contributed by atoms with Crippen LogP contribution in [0.5, 0.6) is 5.75 Å². The molecule has 0 aromatic heterocycles. The van der Waals surface area contributed by atoms with Gasteiger partial charge in [-0.2, -0.15) is 13.2 Å². The fourth-order valence-corrected chi connectivity index (χ4v) is 4.20. The molecule has 0 radical (unpaired) electrons. The predicted molar refractivity (Wildman–Crippen MR) is 114 cm³/mol. The van der Waals surface area contributed by atoms with E-state index in [9.17, 15) is 22.8 Å². The SMILES string of the molecule is CCOc1ccc(N2C(=O)CC(N3CCN(c4cccc(C(F)(F)F)c4)CC3)C2=O)cc1. The summed E-state index contributed by atoms with van der Waals surface area (Å²) in [6, 6.07) is 11.5. The second-order valence-corrected chi connectivity index (χ2v) is 7.79. The van der Waals surface area contributed by atoms with Crippen LogP contribution in [0.2, 0.25) is 0 Å². The van der Waals surface area contributed by atoms with Crippen molar-refractivity contribution in [2.75, 3.05) is 42.6 Å². The van der Waals surface area contributed by atoms with Crippen molar-refractivity contribution in [2.45, 2.75) is 25.6 Å². The van der Waals surface area contributed by atoms with E-state index in [1.165, 1.54) is 11.0 Å². The molecular formula is C23H24F3N3O3. The maximum absolute atomic E-state index is 13.0. The third-order valence-electron chi connectivity index (χ3n) is 5.82. The average Bonchev–Trinajstić information content (AvgIpc) is 3.08. The molecule has 1 unspecified atom stereocenters. The molecule has 2 aliphatic rings. The Morgan fingerprint density at radius 2 is 1.66 bits per heavy atom. The first-order valence-electron chi connectivity index (χ1n) is 10.5. The van der Waals surface area contributed by atoms with Crippen LogP contribution in [0.25, 0.3) is 0 Å². The first-order chi connectivity index (χ1) is 15.3. The Morgan fingerprint density at radius 3 is 2.28 bits per heavy atom. The monoisotopic (exact) mass is 447 g/mol. The number of amides is 2. The van der Waals surface area contributed by atoms with Crippen LogP contribution in [-0.4, -0.2) is 55.5 Å². The van der Waals surface area contributed by atoms with E-state index in [-0.39, 0.29) is 18.2 Å². The molecule has 0 N–H and O–H groups in total. The average molecular weight is 447 g/mol. The number of carbonyl (C=O) groups is 2. The molecule has 0 aliphatic carbocycles. The van der Waals surface area contributed by atoms with Gasteiger partial charge in [-0.1, -0.05) is 6.07 Å². The van der Waals surface area contributed by atoms with E-state index < -0.39 is 17.8 Å². The summed E-state index contributed by atoms with van der Waals surface area (Å²) in [7, 11) is 0. The lowest BCUT2D eigenvalue weighted by atomic mass is 10.1. The summed E-state index contributed by atoms with van der Waals surface area (Å²) in [5, 5.41) is 0. The predicted octanol–water partition coefficient (Wildman–Crippen LogP) is 3.56. The highest BCUT2D eigenvalue weighted by molar-refractivity contribution is 6.22. The van der Waals surface area contributed by atoms with Crippen LogP contribution in [0.15, 0.2) is 48.5 Å². The summed E-state index contributed by atoms with van der Waals surface area (Å²) in [5.41, 5.74) is 0.331. The number of hydrogen-bond acceptors (Lipinski definition) is 5. The molecule has 2 aliphatic heterocycles. The lowest BCUT2D eigenvalue weighted by molar-refractivity contribution is -0.137. The van der Waals surface area contributed by atoms with Gasteiger partial charge >= 0.3 is 6.18 Å². The van der Waals surface area contributed by atoms with E-state index in [1.807, 2.05) is 16.7 Å². The third kappa shape index (κ3) is 4.43. The zero-order valence-corrected chi connectivity index (χ0v) is 17.6. The van der Waals surface area contributed by atoms with Gasteiger partial charge in [-0.25, -0.2) is 4.90 Å². The van der Waals surface area contributed by atoms with E-state index in [0.717, 1.165) is 12.1 Å². The number of alkyl halides is 3. The van der Waals surface area contributed by atoms with Crippen molar-refractivity contribution >= 4 is 23.2 Å². The van der Waals surface area contributed by atoms with Crippen molar-refractivity contribution in [1.29, 1.82) is 0 Å². The van der Waals surface area contributed by atoms with Gasteiger partial charge in [0.15, 0.2) is 0 Å². The number of hydrogen-bond donors (Lipinski definition) is 0. The third-order valence-corrected chi connectivity index (χ3v) is 5.82. The van der Waals surface area contributed by atoms with Gasteiger partial charge in [0.1, 0.15) is 5.75 Å². The number of rotatable bonds is 5. The summed E-state index contributed by atoms with van der Waals surface area (Å²) < 4.78 is 44.4. The van der Waals surface area contributed by atoms with E-state index in [4.69, 9.17) is 4.74 Å². The maximum atomic E-state index is 13.0. The van der Waals surface area contributed by atoms with Crippen molar-refractivity contribution in [3.05, 3.63) is 54.1 Å². The molecule has 6 nitrogen and oxygen atoms in total. The standard InChI is InChI=1S/C23H24F3N3O3/c1-2-32-19-8-6-17(7-9-19)29-21(30)15-20(22(29)31)28-12-10-27(11-13-28)18-5-3-4-16(14-18)23(24,25)26/h3-9,14,20H,2,10-13,15H2,1H3. The number of benzene rings is 2. The zero-order chi connectivity index (χ0) is 22.9. The van der Waals surface area contributed by atoms with E-state index in [1.54, 1.807) is 30.3 Å². The van der Waals surface area contributed by atoms with Gasteiger partial charge in [0.2, 0.25) is 5.91 Å². The van der Waals surface area contributed by atoms with Crippen LogP contribution < -0.4 is 14.5 Å². The van der Waals surface area contributed by atoms with Crippen LogP contribution in [-0.2, 0) is 15.8 Å². The minimum atomic E-state index is -4.39. The fourth-order valence-electron chi connectivity index (χ4n) is 4.20. The zero-order valence-electron chi connectivity index (χ0n) is 17.6. The molecule has 2 saturated heterocycles. The Labute approximate surface area is 184 Å². The molecule has 2 amide bonds. The van der Waals surface area contributed by atoms with Gasteiger partial charge in [0, 0.05) is 31.9 Å². The van der Waals surface area contributed by atoms with Crippen LogP contribution in [0.4, 0.5) is 24.5 Å². The molecule has 0 bridgehead atoms. The van der Waals surface area contributed by atoms with Crippen LogP contribution in [0.3, 0.4) is 0 Å². The van der Waals surface area contributed by atoms with Gasteiger partial charge in [0.05, 0.1) is 30.3 Å². The first kappa shape index (κ1) is 22.1. The Bertz CT molecular complexity index is 986. The van der Waals surface area contributed by atoms with Gasteiger partial charge < -0.3 is 9.64 Å². The van der Waals surface area contributed by atoms with Crippen LogP contribution in [0.1, 0.15) is 18.9 Å². The first-order valence-corrected chi connectivity index (χ1v) is 10.5. The minimum Gasteiger partial charge on any atom is -0.494 e. The summed E-state index contributed by atoms with van der Waals surface area (Å²) in [6.45, 7) is 4.31. The quantitative estimate of drug-likeness (QED) is 0.657. The van der Waals surface area contributed by atoms with E-state index in [0.29, 0.717) is 49.9 Å². The lowest BCUT2D eigenvalue weighted by Crippen LogP contribution is -2.52. The van der Waals surface area contributed by atoms with Crippen molar-refractivity contribution in [1.82, 2.24) is 4.90 Å². The van der Waals surface area contributed by atoms with Gasteiger partial charge in [-0.15, -0.1) is 0 Å². The molecule has 2 fully saturated rings. The second-order valence-electron chi connectivity index (χ2n) is 7.79. The summed E-state index contributed by atoms with van der Waals surface area (Å²) in [6.07, 6.45) is -4.30. The Kier molecular flexibility index (Phi) is 6.10. The smallest absolute Gasteiger partial charge is 0.416 e. The molecular weight excluding hydrogens is 423 g/mol. The van der Waals surface area contributed by atoms with Gasteiger partial charge in [-0.3, -0.25) is 14.5 Å². The van der Waals surface area contributed by atoms with Crippen molar-refractivity contribution in [3.63, 3.8) is 0 Å². The van der Waals surface area contributed by atoms with Crippen molar-refractivity contribution in [3.8, 4) is 5.75 Å². The molecule has 2 heterocycles. The molecule has 2 aromatic carbocycles. The number of nitrogens with zero attached hydrogens (tertiary/aromatic N) is 3. The number of piperazine rings is 1. The highest BCUT2D eigenvalue weighted by Gasteiger charge is 2.43. The molecule has 32 heavy (non-hydrogen) atoms. The van der Waals surface area contributed by atoms with Gasteiger partial charge in [-0.05, 0) is 49.4 Å². The Hall–Kier alpha value is -3.07. The molecule has 2 aromatic rings. The van der Waals surface area contributed by atoms with Crippen molar-refractivity contribution in [2.24, 2.45) is 0 Å².